The van der Waals surface area contributed by atoms with Crippen LogP contribution in [0.4, 0.5) is 0 Å². The summed E-state index contributed by atoms with van der Waals surface area (Å²) in [6, 6.07) is 6.46. The van der Waals surface area contributed by atoms with Crippen LogP contribution >= 0.6 is 0 Å². The van der Waals surface area contributed by atoms with E-state index in [2.05, 4.69) is 71.3 Å². The van der Waals surface area contributed by atoms with Gasteiger partial charge in [-0.3, -0.25) is 9.97 Å². The predicted octanol–water partition coefficient (Wildman–Crippen LogP) is 3.51. The van der Waals surface area contributed by atoms with Gasteiger partial charge >= 0.3 is 0 Å². The van der Waals surface area contributed by atoms with Gasteiger partial charge in [0.25, 0.3) is 0 Å². The van der Waals surface area contributed by atoms with Gasteiger partial charge in [0, 0.05) is 38.1 Å². The Hall–Kier alpha value is -2.66. The Morgan fingerprint density at radius 3 is 2.67 bits per heavy atom. The molecule has 27 heavy (non-hydrogen) atoms. The maximum Gasteiger partial charge on any atom is 0.0890 e. The molecule has 0 radical (unpaired) electrons. The van der Waals surface area contributed by atoms with Crippen molar-refractivity contribution < 1.29 is 0 Å². The molecule has 0 saturated carbocycles. The fourth-order valence-corrected chi connectivity index (χ4v) is 3.27. The highest BCUT2D eigenvalue weighted by Gasteiger charge is 2.22. The van der Waals surface area contributed by atoms with Crippen LogP contribution in [0.15, 0.2) is 65.8 Å². The van der Waals surface area contributed by atoms with Crippen LogP contribution in [0.1, 0.15) is 32.8 Å². The van der Waals surface area contributed by atoms with E-state index in [1.165, 1.54) is 16.8 Å². The highest BCUT2D eigenvalue weighted by Crippen LogP contribution is 2.21. The first-order chi connectivity index (χ1) is 13.1. The molecule has 0 aliphatic carbocycles. The van der Waals surface area contributed by atoms with E-state index in [0.29, 0.717) is 0 Å². The Bertz CT molecular complexity index is 877. The number of hydrogen-bond acceptors (Lipinski definition) is 5. The molecular weight excluding hydrogens is 334 g/mol. The summed E-state index contributed by atoms with van der Waals surface area (Å²) in [5.74, 6) is 0. The van der Waals surface area contributed by atoms with Gasteiger partial charge in [-0.2, -0.15) is 0 Å². The van der Waals surface area contributed by atoms with E-state index >= 15 is 0 Å². The molecule has 1 aliphatic heterocycles. The van der Waals surface area contributed by atoms with Crippen LogP contribution < -0.4 is 11.1 Å². The maximum atomic E-state index is 6.14. The van der Waals surface area contributed by atoms with Gasteiger partial charge in [-0.1, -0.05) is 23.8 Å². The first kappa shape index (κ1) is 19.1. The number of nitrogens with zero attached hydrogens (tertiary/aromatic N) is 3. The molecule has 2 heterocycles. The molecule has 1 saturated heterocycles. The van der Waals surface area contributed by atoms with Crippen molar-refractivity contribution in [3.63, 3.8) is 0 Å². The normalized spacial score (nSPS) is 18.1. The predicted molar refractivity (Wildman–Crippen MR) is 112 cm³/mol. The van der Waals surface area contributed by atoms with E-state index in [0.717, 1.165) is 42.8 Å². The lowest BCUT2D eigenvalue weighted by atomic mass is 10.1. The summed E-state index contributed by atoms with van der Waals surface area (Å²) in [7, 11) is 0. The zero-order valence-electron chi connectivity index (χ0n) is 16.4. The number of hydrogen-bond donors (Lipinski definition) is 2. The van der Waals surface area contributed by atoms with Crippen molar-refractivity contribution in [3.05, 3.63) is 71.4 Å². The molecule has 5 nitrogen and oxygen atoms in total. The summed E-state index contributed by atoms with van der Waals surface area (Å²) in [6.07, 6.45) is 11.0. The summed E-state index contributed by atoms with van der Waals surface area (Å²) in [6.45, 7) is 8.92. The first-order valence-electron chi connectivity index (χ1n) is 9.52. The average Bonchev–Trinajstić information content (AvgIpc) is 3.10. The molecule has 142 valence electrons. The Kier molecular flexibility index (Phi) is 6.24. The third-order valence-electron chi connectivity index (χ3n) is 4.72. The van der Waals surface area contributed by atoms with Crippen molar-refractivity contribution in [1.29, 1.82) is 0 Å². The van der Waals surface area contributed by atoms with Crippen LogP contribution in [0.3, 0.4) is 0 Å². The molecule has 0 spiro atoms. The zero-order valence-corrected chi connectivity index (χ0v) is 16.4. The molecule has 2 aromatic rings. The van der Waals surface area contributed by atoms with Gasteiger partial charge in [0.05, 0.1) is 22.4 Å². The smallest absolute Gasteiger partial charge is 0.0890 e. The van der Waals surface area contributed by atoms with Crippen LogP contribution in [0.5, 0.6) is 0 Å². The van der Waals surface area contributed by atoms with Gasteiger partial charge < -0.3 is 16.0 Å². The van der Waals surface area contributed by atoms with Gasteiger partial charge in [0.1, 0.15) is 0 Å². The molecule has 5 heteroatoms. The molecule has 1 unspecified atom stereocenters. The van der Waals surface area contributed by atoms with Gasteiger partial charge in [-0.05, 0) is 51.0 Å². The molecule has 1 atom stereocenters. The fraction of sp³-hybridized carbons (Fsp3) is 0.364. The topological polar surface area (TPSA) is 67.1 Å². The number of rotatable bonds is 6. The van der Waals surface area contributed by atoms with Crippen LogP contribution in [0, 0.1) is 0 Å². The van der Waals surface area contributed by atoms with Gasteiger partial charge in [0.15, 0.2) is 0 Å². The minimum Gasteiger partial charge on any atom is -0.380 e. The minimum absolute atomic E-state index is 0.247. The summed E-state index contributed by atoms with van der Waals surface area (Å²) in [4.78, 5) is 11.1. The first-order valence-corrected chi connectivity index (χ1v) is 9.52. The number of allylic oxidation sites excluding steroid dienone is 4. The number of fused-ring (bicyclic) bond motifs is 1. The van der Waals surface area contributed by atoms with Gasteiger partial charge in [-0.25, -0.2) is 0 Å². The number of nitrogens with two attached hydrogens (primary N) is 1. The monoisotopic (exact) mass is 363 g/mol. The fourth-order valence-electron chi connectivity index (χ4n) is 3.27. The zero-order chi connectivity index (χ0) is 19.2. The Morgan fingerprint density at radius 2 is 2.00 bits per heavy atom. The van der Waals surface area contributed by atoms with Crippen molar-refractivity contribution in [1.82, 2.24) is 20.2 Å². The molecule has 1 aromatic heterocycles. The highest BCUT2D eigenvalue weighted by molar-refractivity contribution is 5.74. The molecule has 1 aliphatic rings. The van der Waals surface area contributed by atoms with E-state index in [9.17, 15) is 0 Å². The minimum atomic E-state index is 0.247. The second-order valence-corrected chi connectivity index (χ2v) is 7.23. The number of aromatic nitrogens is 2. The van der Waals surface area contributed by atoms with Crippen LogP contribution in [0.2, 0.25) is 0 Å². The Morgan fingerprint density at radius 1 is 1.22 bits per heavy atom. The standard InChI is InChI=1S/C22H29N5/c1-4-19(22(8-5-16(2)3)27-12-9-18(23)15-27)26-14-17-6-7-20-21(13-17)25-11-10-24-20/h4-8,10-11,13,18,26H,9,12,14-15,23H2,1-3H3/b19-4+,22-8+. The summed E-state index contributed by atoms with van der Waals surface area (Å²) in [5, 5.41) is 3.60. The second kappa shape index (κ2) is 8.82. The van der Waals surface area contributed by atoms with E-state index < -0.39 is 0 Å². The van der Waals surface area contributed by atoms with Crippen LogP contribution in [-0.2, 0) is 6.54 Å². The number of likely N-dealkylation sites (tertiary alicyclic amines) is 1. The molecular formula is C22H29N5. The van der Waals surface area contributed by atoms with E-state index in [1.807, 2.05) is 6.07 Å². The van der Waals surface area contributed by atoms with Crippen molar-refractivity contribution in [2.45, 2.75) is 39.8 Å². The van der Waals surface area contributed by atoms with E-state index in [1.54, 1.807) is 12.4 Å². The molecule has 0 amide bonds. The SMILES string of the molecule is C/C=C(NCc1ccc2nccnc2c1)\C(=C/C=C(C)C)N1CCC(N)C1. The third-order valence-corrected chi connectivity index (χ3v) is 4.72. The van der Waals surface area contributed by atoms with Crippen molar-refractivity contribution in [2.24, 2.45) is 5.73 Å². The van der Waals surface area contributed by atoms with Crippen molar-refractivity contribution in [2.75, 3.05) is 13.1 Å². The van der Waals surface area contributed by atoms with Gasteiger partial charge in [-0.15, -0.1) is 0 Å². The second-order valence-electron chi connectivity index (χ2n) is 7.23. The molecule has 3 rings (SSSR count). The van der Waals surface area contributed by atoms with E-state index in [-0.39, 0.29) is 6.04 Å². The van der Waals surface area contributed by atoms with Crippen molar-refractivity contribution in [3.8, 4) is 0 Å². The van der Waals surface area contributed by atoms with Gasteiger partial charge in [0.2, 0.25) is 0 Å². The van der Waals surface area contributed by atoms with E-state index in [4.69, 9.17) is 5.73 Å². The summed E-state index contributed by atoms with van der Waals surface area (Å²) in [5.41, 5.74) is 12.8. The van der Waals surface area contributed by atoms with Crippen molar-refractivity contribution >= 4 is 11.0 Å². The number of benzene rings is 1. The van der Waals surface area contributed by atoms with Crippen LogP contribution in [-0.4, -0.2) is 34.0 Å². The lowest BCUT2D eigenvalue weighted by Gasteiger charge is -2.25. The highest BCUT2D eigenvalue weighted by atomic mass is 15.2. The molecule has 1 fully saturated rings. The summed E-state index contributed by atoms with van der Waals surface area (Å²) >= 11 is 0. The largest absolute Gasteiger partial charge is 0.380 e. The lowest BCUT2D eigenvalue weighted by Crippen LogP contribution is -2.29. The third kappa shape index (κ3) is 4.95. The lowest BCUT2D eigenvalue weighted by molar-refractivity contribution is 0.420. The average molecular weight is 364 g/mol. The molecule has 3 N–H and O–H groups in total. The number of nitrogens with one attached hydrogen (secondary N) is 1. The molecule has 1 aromatic carbocycles. The summed E-state index contributed by atoms with van der Waals surface area (Å²) < 4.78 is 0. The maximum absolute atomic E-state index is 6.14. The van der Waals surface area contributed by atoms with Crippen LogP contribution in [0.25, 0.3) is 11.0 Å². The Balaban J connectivity index is 1.78. The Labute approximate surface area is 161 Å². The molecule has 0 bridgehead atoms. The quantitative estimate of drug-likeness (QED) is 0.769.